The molecule has 3 atom stereocenters. The van der Waals surface area contributed by atoms with Gasteiger partial charge in [-0.25, -0.2) is 9.78 Å². The third-order valence-corrected chi connectivity index (χ3v) is 8.75. The number of carbonyl (C=O) groups is 2. The number of amides is 2. The number of nitriles is 1. The molecule has 4 aromatic rings. The van der Waals surface area contributed by atoms with Crippen LogP contribution in [0.15, 0.2) is 65.6 Å². The van der Waals surface area contributed by atoms with E-state index in [1.54, 1.807) is 45.7 Å². The zero-order valence-electron chi connectivity index (χ0n) is 25.1. The molecule has 3 aromatic heterocycles. The molecule has 5 heterocycles. The second-order valence-corrected chi connectivity index (χ2v) is 11.5. The Morgan fingerprint density at radius 2 is 1.93 bits per heavy atom. The van der Waals surface area contributed by atoms with E-state index < -0.39 is 6.09 Å². The van der Waals surface area contributed by atoms with Gasteiger partial charge in [-0.2, -0.15) is 5.26 Å². The zero-order valence-corrected chi connectivity index (χ0v) is 25.1. The predicted octanol–water partition coefficient (Wildman–Crippen LogP) is 3.13. The summed E-state index contributed by atoms with van der Waals surface area (Å²) < 4.78 is 18.4. The molecule has 0 spiro atoms. The fraction of sp³-hybridized carbons (Fsp3) is 0.333. The molecule has 234 valence electrons. The van der Waals surface area contributed by atoms with Crippen molar-refractivity contribution in [1.82, 2.24) is 19.9 Å². The van der Waals surface area contributed by atoms with Gasteiger partial charge < -0.3 is 24.1 Å². The lowest BCUT2D eigenvalue weighted by molar-refractivity contribution is -0.121. The van der Waals surface area contributed by atoms with Crippen LogP contribution < -0.4 is 30.1 Å². The highest BCUT2D eigenvalue weighted by Gasteiger charge is 2.47. The summed E-state index contributed by atoms with van der Waals surface area (Å²) in [7, 11) is 1.60. The summed E-state index contributed by atoms with van der Waals surface area (Å²) in [6, 6.07) is 17.7. The fourth-order valence-corrected chi connectivity index (χ4v) is 6.42. The second-order valence-electron chi connectivity index (χ2n) is 11.5. The average Bonchev–Trinajstić information content (AvgIpc) is 3.41. The van der Waals surface area contributed by atoms with Crippen LogP contribution in [0.4, 0.5) is 16.4 Å². The number of hydrogen-bond acceptors (Lipinski definition) is 10. The largest absolute Gasteiger partial charge is 0.497 e. The van der Waals surface area contributed by atoms with Gasteiger partial charge in [-0.05, 0) is 54.8 Å². The molecule has 13 heteroatoms. The second kappa shape index (κ2) is 12.1. The molecule has 1 aliphatic carbocycles. The quantitative estimate of drug-likeness (QED) is 0.311. The summed E-state index contributed by atoms with van der Waals surface area (Å²) in [6.45, 7) is 1.11. The standard InChI is InChI=1S/C33H31N7O6/c1-44-23-5-2-20(3-6-23)18-39-31(42)19-45-27-9-10-29(37-32(27)39)40-25-8-4-22(15-28(25)46-33(40)43)35-12-13-38-26-14-21(16-34)17-36-24(26)7-11-30(38)41/h2-3,5-7,9-11,14,17,22,25,28,35H,4,8,12-13,15,18-19H2,1H3/t22-,25-,28-/m1/s1. The van der Waals surface area contributed by atoms with Gasteiger partial charge in [0.25, 0.3) is 11.5 Å². The van der Waals surface area contributed by atoms with E-state index in [2.05, 4.69) is 16.4 Å². The molecule has 1 saturated carbocycles. The van der Waals surface area contributed by atoms with Crippen LogP contribution in [0.25, 0.3) is 11.0 Å². The Balaban J connectivity index is 1.03. The molecular weight excluding hydrogens is 590 g/mol. The Kier molecular flexibility index (Phi) is 7.71. The van der Waals surface area contributed by atoms with Crippen LogP contribution in [-0.2, 0) is 22.6 Å². The van der Waals surface area contributed by atoms with Gasteiger partial charge >= 0.3 is 6.09 Å². The lowest BCUT2D eigenvalue weighted by atomic mass is 9.88. The summed E-state index contributed by atoms with van der Waals surface area (Å²) in [5.41, 5.74) is 2.39. The smallest absolute Gasteiger partial charge is 0.416 e. The van der Waals surface area contributed by atoms with E-state index in [-0.39, 0.29) is 36.3 Å². The van der Waals surface area contributed by atoms with Gasteiger partial charge in [0.1, 0.15) is 23.7 Å². The number of anilines is 2. The van der Waals surface area contributed by atoms with Gasteiger partial charge in [-0.3, -0.25) is 24.4 Å². The molecule has 3 aliphatic rings. The zero-order chi connectivity index (χ0) is 31.8. The molecule has 0 radical (unpaired) electrons. The molecule has 13 nitrogen and oxygen atoms in total. The summed E-state index contributed by atoms with van der Waals surface area (Å²) in [5, 5.41) is 12.8. The van der Waals surface area contributed by atoms with Crippen molar-refractivity contribution in [3.05, 3.63) is 82.3 Å². The number of nitrogens with one attached hydrogen (secondary N) is 1. The molecule has 0 unspecified atom stereocenters. The minimum Gasteiger partial charge on any atom is -0.497 e. The third-order valence-electron chi connectivity index (χ3n) is 8.75. The fourth-order valence-electron chi connectivity index (χ4n) is 6.42. The van der Waals surface area contributed by atoms with Crippen molar-refractivity contribution < 1.29 is 23.8 Å². The topological polar surface area (TPSA) is 152 Å². The number of aromatic nitrogens is 3. The minimum atomic E-state index is -0.476. The van der Waals surface area contributed by atoms with Crippen molar-refractivity contribution in [3.63, 3.8) is 0 Å². The van der Waals surface area contributed by atoms with Crippen LogP contribution in [0.3, 0.4) is 0 Å². The first-order valence-electron chi connectivity index (χ1n) is 15.1. The Morgan fingerprint density at radius 1 is 1.09 bits per heavy atom. The number of pyridine rings is 3. The highest BCUT2D eigenvalue weighted by atomic mass is 16.6. The maximum atomic E-state index is 13.2. The first-order chi connectivity index (χ1) is 22.4. The van der Waals surface area contributed by atoms with Crippen molar-refractivity contribution in [1.29, 1.82) is 5.26 Å². The van der Waals surface area contributed by atoms with Crippen LogP contribution in [0.5, 0.6) is 11.5 Å². The van der Waals surface area contributed by atoms with Crippen LogP contribution in [-0.4, -0.2) is 65.0 Å². The molecule has 2 amide bonds. The molecule has 7 rings (SSSR count). The van der Waals surface area contributed by atoms with Gasteiger partial charge in [0.2, 0.25) is 0 Å². The molecular formula is C33H31N7O6. The number of methoxy groups -OCH3 is 1. The average molecular weight is 622 g/mol. The van der Waals surface area contributed by atoms with E-state index in [9.17, 15) is 19.6 Å². The molecule has 1 aromatic carbocycles. The Morgan fingerprint density at radius 3 is 2.74 bits per heavy atom. The minimum absolute atomic E-state index is 0.0787. The van der Waals surface area contributed by atoms with E-state index in [0.717, 1.165) is 17.7 Å². The third kappa shape index (κ3) is 5.48. The summed E-state index contributed by atoms with van der Waals surface area (Å²) >= 11 is 0. The first kappa shape index (κ1) is 29.2. The van der Waals surface area contributed by atoms with Crippen LogP contribution in [0, 0.1) is 11.3 Å². The van der Waals surface area contributed by atoms with Gasteiger partial charge in [0.15, 0.2) is 18.2 Å². The highest BCUT2D eigenvalue weighted by molar-refractivity contribution is 5.97. The highest BCUT2D eigenvalue weighted by Crippen LogP contribution is 2.39. The van der Waals surface area contributed by atoms with E-state index in [4.69, 9.17) is 19.2 Å². The number of hydrogen-bond donors (Lipinski definition) is 1. The number of nitrogens with zero attached hydrogens (tertiary/aromatic N) is 6. The van der Waals surface area contributed by atoms with E-state index in [1.165, 1.54) is 12.3 Å². The first-order valence-corrected chi connectivity index (χ1v) is 15.1. The number of rotatable bonds is 8. The van der Waals surface area contributed by atoms with E-state index in [1.807, 2.05) is 24.3 Å². The van der Waals surface area contributed by atoms with Gasteiger partial charge in [-0.1, -0.05) is 12.1 Å². The Labute approximate surface area is 263 Å². The summed E-state index contributed by atoms with van der Waals surface area (Å²) in [4.78, 5) is 50.9. The number of carbonyl (C=O) groups excluding carboxylic acids is 2. The summed E-state index contributed by atoms with van der Waals surface area (Å²) in [6.07, 6.45) is 2.75. The van der Waals surface area contributed by atoms with Crippen LogP contribution in [0.1, 0.15) is 30.4 Å². The molecule has 2 aliphatic heterocycles. The van der Waals surface area contributed by atoms with Crippen molar-refractivity contribution in [3.8, 4) is 17.6 Å². The Hall–Kier alpha value is -5.48. The molecule has 2 fully saturated rings. The predicted molar refractivity (Wildman–Crippen MR) is 167 cm³/mol. The molecule has 1 N–H and O–H groups in total. The lowest BCUT2D eigenvalue weighted by Crippen LogP contribution is -2.47. The SMILES string of the molecule is COc1ccc(CN2C(=O)COc3ccc(N4C(=O)O[C@@H]5C[C@H](NCCn6c(=O)ccc7ncc(C#N)cc76)CC[C@H]54)nc32)cc1. The van der Waals surface area contributed by atoms with Crippen LogP contribution in [0.2, 0.25) is 0 Å². The molecule has 46 heavy (non-hydrogen) atoms. The monoisotopic (exact) mass is 621 g/mol. The van der Waals surface area contributed by atoms with Crippen LogP contribution >= 0.6 is 0 Å². The molecule has 1 saturated heterocycles. The van der Waals surface area contributed by atoms with E-state index >= 15 is 0 Å². The maximum Gasteiger partial charge on any atom is 0.416 e. The van der Waals surface area contributed by atoms with Gasteiger partial charge in [-0.15, -0.1) is 0 Å². The van der Waals surface area contributed by atoms with Gasteiger partial charge in [0.05, 0.1) is 36.3 Å². The summed E-state index contributed by atoms with van der Waals surface area (Å²) in [5.74, 6) is 1.73. The maximum absolute atomic E-state index is 13.2. The number of ether oxygens (including phenoxy) is 3. The van der Waals surface area contributed by atoms with Crippen molar-refractivity contribution in [2.75, 3.05) is 30.1 Å². The van der Waals surface area contributed by atoms with E-state index in [0.29, 0.717) is 66.5 Å². The molecule has 0 bridgehead atoms. The van der Waals surface area contributed by atoms with Crippen molar-refractivity contribution >= 4 is 34.7 Å². The number of benzene rings is 1. The lowest BCUT2D eigenvalue weighted by Gasteiger charge is -2.34. The van der Waals surface area contributed by atoms with Gasteiger partial charge in [0, 0.05) is 37.8 Å². The number of fused-ring (bicyclic) bond motifs is 3. The van der Waals surface area contributed by atoms with Crippen molar-refractivity contribution in [2.45, 2.75) is 50.5 Å². The Bertz CT molecular complexity index is 1920. The normalized spacial score (nSPS) is 20.5. The van der Waals surface area contributed by atoms with Crippen molar-refractivity contribution in [2.24, 2.45) is 0 Å².